The van der Waals surface area contributed by atoms with Gasteiger partial charge in [0.15, 0.2) is 0 Å². The first-order chi connectivity index (χ1) is 8.32. The molecule has 1 heterocycles. The molecular formula is C12H24N2O4. The second kappa shape index (κ2) is 5.97. The van der Waals surface area contributed by atoms with Crippen LogP contribution in [-0.2, 0) is 14.3 Å². The molecule has 0 aromatic rings. The van der Waals surface area contributed by atoms with Crippen LogP contribution in [0.15, 0.2) is 0 Å². The molecule has 3 atom stereocenters. The zero-order valence-electron chi connectivity index (χ0n) is 11.4. The van der Waals surface area contributed by atoms with Crippen molar-refractivity contribution in [2.45, 2.75) is 31.9 Å². The minimum atomic E-state index is -0.981. The smallest absolute Gasteiger partial charge is 0.230 e. The molecule has 0 aliphatic carbocycles. The fraction of sp³-hybridized carbons (Fsp3) is 0.917. The van der Waals surface area contributed by atoms with Gasteiger partial charge in [0.05, 0.1) is 24.2 Å². The van der Waals surface area contributed by atoms with Crippen molar-refractivity contribution in [3.05, 3.63) is 0 Å². The summed E-state index contributed by atoms with van der Waals surface area (Å²) < 4.78 is 10.1. The number of methoxy groups -OCH3 is 1. The van der Waals surface area contributed by atoms with Gasteiger partial charge in [0, 0.05) is 32.7 Å². The van der Waals surface area contributed by atoms with Crippen LogP contribution in [0.1, 0.15) is 20.3 Å². The Morgan fingerprint density at radius 3 is 2.89 bits per heavy atom. The van der Waals surface area contributed by atoms with Crippen LogP contribution >= 0.6 is 0 Å². The molecule has 0 bridgehead atoms. The number of aliphatic hydroxyl groups is 1. The summed E-state index contributed by atoms with van der Waals surface area (Å²) in [5, 5.41) is 12.8. The molecule has 4 N–H and O–H groups in total. The van der Waals surface area contributed by atoms with E-state index < -0.39 is 11.0 Å². The molecule has 1 aliphatic rings. The van der Waals surface area contributed by atoms with E-state index in [1.165, 1.54) is 0 Å². The van der Waals surface area contributed by atoms with E-state index in [-0.39, 0.29) is 18.5 Å². The number of amides is 1. The standard InChI is InChI=1S/C12H24N2O4/c1-11(16,4-5-17-3)7-14-10(15)12(2)8-18-6-9(12)13/h9,16H,4-8,13H2,1-3H3,(H,14,15). The predicted octanol–water partition coefficient (Wildman–Crippen LogP) is -0.746. The highest BCUT2D eigenvalue weighted by molar-refractivity contribution is 5.83. The van der Waals surface area contributed by atoms with Gasteiger partial charge in [-0.3, -0.25) is 4.79 Å². The van der Waals surface area contributed by atoms with Gasteiger partial charge in [-0.1, -0.05) is 0 Å². The Labute approximate surface area is 108 Å². The number of hydrogen-bond acceptors (Lipinski definition) is 5. The van der Waals surface area contributed by atoms with E-state index in [0.717, 1.165) is 0 Å². The maximum atomic E-state index is 12.1. The first-order valence-corrected chi connectivity index (χ1v) is 6.15. The van der Waals surface area contributed by atoms with Gasteiger partial charge >= 0.3 is 0 Å². The summed E-state index contributed by atoms with van der Waals surface area (Å²) in [6, 6.07) is -0.304. The fourth-order valence-corrected chi connectivity index (χ4v) is 1.81. The van der Waals surface area contributed by atoms with Gasteiger partial charge in [0.25, 0.3) is 0 Å². The molecule has 0 radical (unpaired) electrons. The molecule has 0 spiro atoms. The summed E-state index contributed by atoms with van der Waals surface area (Å²) in [7, 11) is 1.57. The van der Waals surface area contributed by atoms with Crippen molar-refractivity contribution in [2.75, 3.05) is 33.5 Å². The van der Waals surface area contributed by atoms with Gasteiger partial charge in [0.1, 0.15) is 0 Å². The van der Waals surface area contributed by atoms with Crippen LogP contribution in [0.4, 0.5) is 0 Å². The highest BCUT2D eigenvalue weighted by Crippen LogP contribution is 2.27. The average molecular weight is 260 g/mol. The minimum absolute atomic E-state index is 0.176. The van der Waals surface area contributed by atoms with Crippen molar-refractivity contribution in [3.63, 3.8) is 0 Å². The number of nitrogens with two attached hydrogens (primary N) is 1. The van der Waals surface area contributed by atoms with E-state index >= 15 is 0 Å². The third-order valence-electron chi connectivity index (χ3n) is 3.51. The molecule has 0 saturated carbocycles. The maximum absolute atomic E-state index is 12.1. The van der Waals surface area contributed by atoms with Crippen LogP contribution in [0.3, 0.4) is 0 Å². The second-order valence-electron chi connectivity index (χ2n) is 5.46. The largest absolute Gasteiger partial charge is 0.388 e. The van der Waals surface area contributed by atoms with Gasteiger partial charge < -0.3 is 25.6 Å². The fourth-order valence-electron chi connectivity index (χ4n) is 1.81. The zero-order valence-corrected chi connectivity index (χ0v) is 11.4. The van der Waals surface area contributed by atoms with Crippen LogP contribution in [0.5, 0.6) is 0 Å². The van der Waals surface area contributed by atoms with Crippen molar-refractivity contribution in [2.24, 2.45) is 11.1 Å². The molecular weight excluding hydrogens is 236 g/mol. The first-order valence-electron chi connectivity index (χ1n) is 6.15. The third kappa shape index (κ3) is 3.65. The Balaban J connectivity index is 2.45. The summed E-state index contributed by atoms with van der Waals surface area (Å²) >= 11 is 0. The maximum Gasteiger partial charge on any atom is 0.230 e. The van der Waals surface area contributed by atoms with E-state index in [1.807, 2.05) is 0 Å². The Morgan fingerprint density at radius 2 is 2.39 bits per heavy atom. The van der Waals surface area contributed by atoms with Crippen molar-refractivity contribution in [1.82, 2.24) is 5.32 Å². The number of hydrogen-bond donors (Lipinski definition) is 3. The minimum Gasteiger partial charge on any atom is -0.388 e. The van der Waals surface area contributed by atoms with E-state index in [0.29, 0.717) is 26.2 Å². The topological polar surface area (TPSA) is 93.8 Å². The van der Waals surface area contributed by atoms with Gasteiger partial charge in [0.2, 0.25) is 5.91 Å². The monoisotopic (exact) mass is 260 g/mol. The van der Waals surface area contributed by atoms with Gasteiger partial charge in [-0.15, -0.1) is 0 Å². The average Bonchev–Trinajstić information content (AvgIpc) is 2.65. The Kier molecular flexibility index (Phi) is 5.10. The summed E-state index contributed by atoms with van der Waals surface area (Å²) in [4.78, 5) is 12.1. The molecule has 18 heavy (non-hydrogen) atoms. The lowest BCUT2D eigenvalue weighted by atomic mass is 9.84. The Bertz CT molecular complexity index is 296. The van der Waals surface area contributed by atoms with Crippen LogP contribution < -0.4 is 11.1 Å². The highest BCUT2D eigenvalue weighted by atomic mass is 16.5. The SMILES string of the molecule is COCCC(C)(O)CNC(=O)C1(C)COCC1N. The molecule has 6 nitrogen and oxygen atoms in total. The predicted molar refractivity (Wildman–Crippen MR) is 67.0 cm³/mol. The Morgan fingerprint density at radius 1 is 1.72 bits per heavy atom. The molecule has 1 saturated heterocycles. The van der Waals surface area contributed by atoms with Crippen LogP contribution in [0.2, 0.25) is 0 Å². The van der Waals surface area contributed by atoms with E-state index in [9.17, 15) is 9.90 Å². The van der Waals surface area contributed by atoms with Crippen molar-refractivity contribution < 1.29 is 19.4 Å². The lowest BCUT2D eigenvalue weighted by molar-refractivity contribution is -0.132. The lowest BCUT2D eigenvalue weighted by Gasteiger charge is -2.29. The second-order valence-corrected chi connectivity index (χ2v) is 5.46. The summed E-state index contributed by atoms with van der Waals surface area (Å²) in [6.07, 6.45) is 0.461. The quantitative estimate of drug-likeness (QED) is 0.584. The molecule has 1 fully saturated rings. The number of nitrogens with one attached hydrogen (secondary N) is 1. The Hall–Kier alpha value is -0.690. The van der Waals surface area contributed by atoms with Crippen LogP contribution in [0, 0.1) is 5.41 Å². The summed E-state index contributed by atoms with van der Waals surface area (Å²) in [6.45, 7) is 4.79. The molecule has 106 valence electrons. The lowest BCUT2D eigenvalue weighted by Crippen LogP contribution is -2.53. The van der Waals surface area contributed by atoms with Crippen LogP contribution in [0.25, 0.3) is 0 Å². The number of carbonyl (C=O) groups is 1. The molecule has 0 aromatic heterocycles. The summed E-state index contributed by atoms with van der Waals surface area (Å²) in [5.74, 6) is -0.176. The molecule has 6 heteroatoms. The van der Waals surface area contributed by atoms with Crippen LogP contribution in [-0.4, -0.2) is 56.1 Å². The normalized spacial score (nSPS) is 31.1. The molecule has 1 rings (SSSR count). The zero-order chi connectivity index (χ0) is 13.8. The molecule has 0 aromatic carbocycles. The van der Waals surface area contributed by atoms with E-state index in [4.69, 9.17) is 15.2 Å². The van der Waals surface area contributed by atoms with Gasteiger partial charge in [-0.05, 0) is 13.8 Å². The number of rotatable bonds is 6. The van der Waals surface area contributed by atoms with Crippen molar-refractivity contribution in [1.29, 1.82) is 0 Å². The van der Waals surface area contributed by atoms with Crippen molar-refractivity contribution in [3.8, 4) is 0 Å². The molecule has 1 amide bonds. The summed E-state index contributed by atoms with van der Waals surface area (Å²) in [5.41, 5.74) is 4.17. The molecule has 3 unspecified atom stereocenters. The number of carbonyl (C=O) groups excluding carboxylic acids is 1. The van der Waals surface area contributed by atoms with Crippen molar-refractivity contribution >= 4 is 5.91 Å². The van der Waals surface area contributed by atoms with Gasteiger partial charge in [-0.25, -0.2) is 0 Å². The third-order valence-corrected chi connectivity index (χ3v) is 3.51. The first kappa shape index (κ1) is 15.4. The molecule has 1 aliphatic heterocycles. The highest BCUT2D eigenvalue weighted by Gasteiger charge is 2.44. The van der Waals surface area contributed by atoms with E-state index in [2.05, 4.69) is 5.32 Å². The van der Waals surface area contributed by atoms with Gasteiger partial charge in [-0.2, -0.15) is 0 Å². The van der Waals surface area contributed by atoms with E-state index in [1.54, 1.807) is 21.0 Å². The number of ether oxygens (including phenoxy) is 2.